The van der Waals surface area contributed by atoms with Gasteiger partial charge in [-0.2, -0.15) is 0 Å². The number of H-pyrrole nitrogens is 1. The van der Waals surface area contributed by atoms with Crippen molar-refractivity contribution in [2.24, 2.45) is 17.8 Å². The predicted molar refractivity (Wildman–Crippen MR) is 127 cm³/mol. The van der Waals surface area contributed by atoms with E-state index in [9.17, 15) is 4.79 Å². The molecule has 0 spiro atoms. The molecule has 1 amide bonds. The summed E-state index contributed by atoms with van der Waals surface area (Å²) < 4.78 is 0. The van der Waals surface area contributed by atoms with Gasteiger partial charge in [-0.3, -0.25) is 9.69 Å². The third kappa shape index (κ3) is 4.34. The summed E-state index contributed by atoms with van der Waals surface area (Å²) >= 11 is 0. The van der Waals surface area contributed by atoms with Gasteiger partial charge in [0.15, 0.2) is 0 Å². The zero-order valence-electron chi connectivity index (χ0n) is 19.8. The van der Waals surface area contributed by atoms with E-state index >= 15 is 0 Å². The molecule has 2 heterocycles. The van der Waals surface area contributed by atoms with Crippen LogP contribution in [0.1, 0.15) is 52.7 Å². The second-order valence-electron chi connectivity index (χ2n) is 9.43. The number of nitrogens with one attached hydrogen (secondary N) is 1. The molecule has 4 rings (SSSR count). The summed E-state index contributed by atoms with van der Waals surface area (Å²) in [7, 11) is 2.15. The number of hydrogen-bond donors (Lipinski definition) is 1. The van der Waals surface area contributed by atoms with E-state index in [-0.39, 0.29) is 11.8 Å². The van der Waals surface area contributed by atoms with Gasteiger partial charge in [0.05, 0.1) is 5.92 Å². The number of benzene rings is 1. The monoisotopic (exact) mass is 409 g/mol. The number of likely N-dealkylation sites (N-methyl/N-ethyl adjacent to an activating group) is 1. The number of amides is 1. The molecule has 1 aromatic heterocycles. The molecule has 164 valence electrons. The highest BCUT2D eigenvalue weighted by atomic mass is 16.2. The van der Waals surface area contributed by atoms with Crippen LogP contribution in [0.15, 0.2) is 30.5 Å². The first-order valence-electron chi connectivity index (χ1n) is 11.6. The summed E-state index contributed by atoms with van der Waals surface area (Å²) in [5.41, 5.74) is 5.21. The summed E-state index contributed by atoms with van der Waals surface area (Å²) in [6.45, 7) is 15.4. The third-order valence-corrected chi connectivity index (χ3v) is 6.99. The molecule has 4 nitrogen and oxygen atoms in total. The number of carbonyl (C=O) groups excluding carboxylic acids is 1. The molecule has 1 N–H and O–H groups in total. The van der Waals surface area contributed by atoms with Gasteiger partial charge in [0.25, 0.3) is 0 Å². The molecular formula is C26H39N3O. The Morgan fingerprint density at radius 1 is 1.17 bits per heavy atom. The number of fused-ring (bicyclic) bond motifs is 2. The Labute approximate surface area is 182 Å². The normalized spacial score (nSPS) is 20.6. The maximum atomic E-state index is 12.9. The van der Waals surface area contributed by atoms with Crippen LogP contribution in [0.4, 0.5) is 0 Å². The average Bonchev–Trinajstić information content (AvgIpc) is 3.14. The molecule has 2 aromatic rings. The number of rotatable bonds is 4. The van der Waals surface area contributed by atoms with Crippen molar-refractivity contribution in [3.05, 3.63) is 41.6 Å². The molecule has 1 aliphatic carbocycles. The van der Waals surface area contributed by atoms with Crippen LogP contribution in [-0.2, 0) is 11.2 Å². The van der Waals surface area contributed by atoms with Gasteiger partial charge in [-0.15, -0.1) is 0 Å². The van der Waals surface area contributed by atoms with E-state index in [0.29, 0.717) is 6.04 Å². The van der Waals surface area contributed by atoms with E-state index in [2.05, 4.69) is 88.9 Å². The first-order chi connectivity index (χ1) is 14.3. The van der Waals surface area contributed by atoms with Crippen molar-refractivity contribution in [2.45, 2.75) is 54.0 Å². The highest BCUT2D eigenvalue weighted by Crippen LogP contribution is 2.40. The molecule has 0 saturated heterocycles. The van der Waals surface area contributed by atoms with Crippen molar-refractivity contribution in [3.8, 4) is 0 Å². The van der Waals surface area contributed by atoms with Gasteiger partial charge in [-0.1, -0.05) is 45.9 Å². The van der Waals surface area contributed by atoms with E-state index in [1.54, 1.807) is 0 Å². The summed E-state index contributed by atoms with van der Waals surface area (Å²) in [5, 5.41) is 1.34. The molecule has 4 heteroatoms. The highest BCUT2D eigenvalue weighted by molar-refractivity contribution is 5.99. The second-order valence-corrected chi connectivity index (χ2v) is 9.43. The second kappa shape index (κ2) is 9.38. The van der Waals surface area contributed by atoms with Crippen molar-refractivity contribution >= 4 is 22.4 Å². The van der Waals surface area contributed by atoms with Crippen molar-refractivity contribution in [2.75, 3.05) is 26.7 Å². The maximum absolute atomic E-state index is 12.9. The molecule has 1 aliphatic heterocycles. The number of nitrogens with zero attached hydrogens (tertiary/aromatic N) is 2. The van der Waals surface area contributed by atoms with Crippen molar-refractivity contribution < 1.29 is 4.79 Å². The Hall–Kier alpha value is -2.07. The van der Waals surface area contributed by atoms with Gasteiger partial charge < -0.3 is 9.88 Å². The number of carbonyl (C=O) groups is 1. The van der Waals surface area contributed by atoms with Gasteiger partial charge in [-0.05, 0) is 61.9 Å². The molecule has 1 aromatic carbocycles. The molecule has 0 saturated carbocycles. The van der Waals surface area contributed by atoms with Gasteiger partial charge in [-0.25, -0.2) is 0 Å². The molecule has 2 atom stereocenters. The molecule has 0 fully saturated rings. The van der Waals surface area contributed by atoms with Crippen LogP contribution in [0.25, 0.3) is 16.5 Å². The van der Waals surface area contributed by atoms with Gasteiger partial charge >= 0.3 is 0 Å². The third-order valence-electron chi connectivity index (χ3n) is 6.99. The van der Waals surface area contributed by atoms with E-state index in [0.717, 1.165) is 37.9 Å². The van der Waals surface area contributed by atoms with Crippen molar-refractivity contribution in [1.82, 2.24) is 14.8 Å². The van der Waals surface area contributed by atoms with Crippen LogP contribution in [0.2, 0.25) is 0 Å². The molecule has 0 bridgehead atoms. The van der Waals surface area contributed by atoms with Gasteiger partial charge in [0.1, 0.15) is 0 Å². The van der Waals surface area contributed by atoms with Gasteiger partial charge in [0.2, 0.25) is 5.91 Å². The average molecular weight is 410 g/mol. The number of hydrogen-bond acceptors (Lipinski definition) is 2. The lowest BCUT2D eigenvalue weighted by Gasteiger charge is -2.40. The van der Waals surface area contributed by atoms with Crippen LogP contribution in [0.3, 0.4) is 0 Å². The Balaban J connectivity index is 0.000000377. The van der Waals surface area contributed by atoms with Crippen LogP contribution in [0.5, 0.6) is 0 Å². The van der Waals surface area contributed by atoms with Crippen LogP contribution in [0, 0.1) is 17.8 Å². The first-order valence-corrected chi connectivity index (χ1v) is 11.6. The molecular weight excluding hydrogens is 370 g/mol. The maximum Gasteiger partial charge on any atom is 0.230 e. The standard InChI is InChI=1S/C20H25N3O.C6H14/c1-4-23(5-2)20(24)14-9-16-15-7-6-8-17-19(15)13(11-21-17)10-18(16)22(3)12-14;1-5(2)6(3)4/h6-9,11,14,18,21H,4-5,10,12H2,1-3H3;5-6H,1-4H3/t14-,18-;/m1./s1. The lowest BCUT2D eigenvalue weighted by Crippen LogP contribution is -2.47. The van der Waals surface area contributed by atoms with E-state index in [4.69, 9.17) is 0 Å². The number of aromatic amines is 1. The van der Waals surface area contributed by atoms with E-state index in [1.807, 2.05) is 4.90 Å². The Morgan fingerprint density at radius 3 is 2.43 bits per heavy atom. The smallest absolute Gasteiger partial charge is 0.230 e. The lowest BCUT2D eigenvalue weighted by molar-refractivity contribution is -0.134. The van der Waals surface area contributed by atoms with Crippen molar-refractivity contribution in [3.63, 3.8) is 0 Å². The predicted octanol–water partition coefficient (Wildman–Crippen LogP) is 5.20. The first kappa shape index (κ1) is 22.6. The summed E-state index contributed by atoms with van der Waals surface area (Å²) in [6, 6.07) is 6.82. The number of aromatic nitrogens is 1. The molecule has 0 radical (unpaired) electrons. The van der Waals surface area contributed by atoms with Gasteiger partial charge in [0, 0.05) is 42.8 Å². The molecule has 30 heavy (non-hydrogen) atoms. The fourth-order valence-electron chi connectivity index (χ4n) is 4.38. The molecule has 2 aliphatic rings. The largest absolute Gasteiger partial charge is 0.361 e. The summed E-state index contributed by atoms with van der Waals surface area (Å²) in [6.07, 6.45) is 5.41. The Kier molecular flexibility index (Phi) is 7.07. The van der Waals surface area contributed by atoms with E-state index in [1.165, 1.54) is 27.6 Å². The highest BCUT2D eigenvalue weighted by Gasteiger charge is 2.36. The van der Waals surface area contributed by atoms with Crippen LogP contribution < -0.4 is 0 Å². The zero-order valence-corrected chi connectivity index (χ0v) is 19.8. The minimum atomic E-state index is -0.0445. The fraction of sp³-hybridized carbons (Fsp3) is 0.577. The minimum absolute atomic E-state index is 0.0445. The quantitative estimate of drug-likeness (QED) is 0.753. The Bertz CT molecular complexity index is 898. The summed E-state index contributed by atoms with van der Waals surface area (Å²) in [5.74, 6) is 1.91. The topological polar surface area (TPSA) is 39.3 Å². The van der Waals surface area contributed by atoms with Crippen LogP contribution >= 0.6 is 0 Å². The Morgan fingerprint density at radius 2 is 1.83 bits per heavy atom. The van der Waals surface area contributed by atoms with E-state index < -0.39 is 0 Å². The van der Waals surface area contributed by atoms with Crippen molar-refractivity contribution in [1.29, 1.82) is 0 Å². The summed E-state index contributed by atoms with van der Waals surface area (Å²) in [4.78, 5) is 20.6. The minimum Gasteiger partial charge on any atom is -0.361 e. The lowest BCUT2D eigenvalue weighted by atomic mass is 9.79. The molecule has 0 unspecified atom stereocenters. The zero-order chi connectivity index (χ0) is 22.0. The fourth-order valence-corrected chi connectivity index (χ4v) is 4.38. The van der Waals surface area contributed by atoms with Crippen LogP contribution in [-0.4, -0.2) is 53.4 Å². The SMILES string of the molecule is CC(C)C(C)C.CCN(CC)C(=O)[C@@H]1C=C2c3cccc4[nH]cc(c34)C[C@H]2N(C)C1.